The Morgan fingerprint density at radius 2 is 0.740 bits per heavy atom. The molecule has 7 heterocycles. The molecule has 7 radical (unpaired) electrons. The Morgan fingerprint density at radius 3 is 1.01 bits per heavy atom. The fraction of sp³-hybridized carbons (Fsp3) is 0.404. The van der Waals surface area contributed by atoms with Gasteiger partial charge in [-0.3, -0.25) is 0 Å². The Hall–Kier alpha value is 1.01. The van der Waals surface area contributed by atoms with Gasteiger partial charge in [-0.1, -0.05) is 96.9 Å². The van der Waals surface area contributed by atoms with Crippen LogP contribution in [0.4, 0.5) is 0 Å². The van der Waals surface area contributed by atoms with Gasteiger partial charge in [0.1, 0.15) is 31.1 Å². The van der Waals surface area contributed by atoms with E-state index in [9.17, 15) is 0 Å². The van der Waals surface area contributed by atoms with Crippen molar-refractivity contribution in [3.63, 3.8) is 0 Å². The van der Waals surface area contributed by atoms with Crippen LogP contribution >= 0.6 is 0 Å². The van der Waals surface area contributed by atoms with Gasteiger partial charge in [0.05, 0.1) is 18.1 Å². The molecule has 18 nitrogen and oxygen atoms in total. The third-order valence-electron chi connectivity index (χ3n) is 7.89. The van der Waals surface area contributed by atoms with Gasteiger partial charge in [-0.2, -0.15) is 25.5 Å². The number of rotatable bonds is 7. The third-order valence-corrected chi connectivity index (χ3v) is 7.89. The first-order chi connectivity index (χ1) is 30.1. The zero-order chi connectivity index (χ0) is 46.8. The van der Waals surface area contributed by atoms with Gasteiger partial charge in [0.15, 0.2) is 18.0 Å². The second kappa shape index (κ2) is 73.1. The molecule has 0 amide bonds. The second-order valence-corrected chi connectivity index (χ2v) is 15.6. The van der Waals surface area contributed by atoms with E-state index in [1.54, 1.807) is 49.8 Å². The molecule has 7 aromatic heterocycles. The normalized spacial score (nSPS) is 8.27. The molecular weight excluding hydrogens is 1500 g/mol. The molecule has 0 N–H and O–H groups in total. The molecule has 25 heteroatoms. The molecule has 7 rings (SSSR count). The van der Waals surface area contributed by atoms with Crippen molar-refractivity contribution >= 4 is 0 Å². The number of aromatic nitrogens is 18. The molecule has 0 aromatic carbocycles. The molecule has 413 valence electrons. The standard InChI is InChI=1S/4C7H10N2.2C6H9N3.C5H8N4.7CH3.7Y/c1-6(2)7-3-8-5-9-4-7;1-6(2)7-3-4-8-5-9-7;1-6(2)7-3-4-8-9-5-7;1-6(2)7-4-3-5-8-9-7;1-5(2)6-8-3-7-4-9-6;1-5(2)6-7-3-4-8-9-6;1-4(2)5-8-6-3-7-9-5;;;;;;;;;;;;;;/h4*3-6H,1-2H3;2*3-5H,1-2H3;3-4H,1-2H3;7*1H3;;;;;;;/q;;;;;;;7*-1;;;;;;;. The van der Waals surface area contributed by atoms with Crippen molar-refractivity contribution < 1.29 is 229 Å². The predicted molar refractivity (Wildman–Crippen MR) is 289 cm³/mol. The van der Waals surface area contributed by atoms with Gasteiger partial charge < -0.3 is 52.0 Å². The van der Waals surface area contributed by atoms with Crippen LogP contribution in [0.5, 0.6) is 0 Å². The van der Waals surface area contributed by atoms with E-state index in [0.29, 0.717) is 47.2 Å². The van der Waals surface area contributed by atoms with E-state index < -0.39 is 0 Å². The third kappa shape index (κ3) is 60.0. The largest absolute Gasteiger partial charge is 0.358 e. The molecule has 0 unspecified atom stereocenters. The van der Waals surface area contributed by atoms with E-state index in [0.717, 1.165) is 23.0 Å². The summed E-state index contributed by atoms with van der Waals surface area (Å²) in [5.41, 5.74) is 4.59. The van der Waals surface area contributed by atoms with Crippen molar-refractivity contribution in [3.05, 3.63) is 197 Å². The number of nitrogens with zero attached hydrogens (tertiary/aromatic N) is 18. The minimum Gasteiger partial charge on any atom is -0.358 e. The van der Waals surface area contributed by atoms with E-state index in [1.807, 2.05) is 64.4 Å². The van der Waals surface area contributed by atoms with Crippen molar-refractivity contribution in [2.24, 2.45) is 0 Å². The van der Waals surface area contributed by atoms with Gasteiger partial charge in [-0.25, -0.2) is 39.9 Å². The van der Waals surface area contributed by atoms with Gasteiger partial charge in [0, 0.05) is 290 Å². The van der Waals surface area contributed by atoms with Crippen molar-refractivity contribution in [2.75, 3.05) is 0 Å². The fourth-order valence-electron chi connectivity index (χ4n) is 4.03. The smallest absolute Gasteiger partial charge is 0.176 e. The minimum absolute atomic E-state index is 0. The van der Waals surface area contributed by atoms with E-state index in [4.69, 9.17) is 0 Å². The van der Waals surface area contributed by atoms with Crippen LogP contribution in [0.15, 0.2) is 105 Å². The van der Waals surface area contributed by atoms with Crippen LogP contribution in [0.2, 0.25) is 0 Å². The summed E-state index contributed by atoms with van der Waals surface area (Å²) in [5, 5.41) is 37.3. The Kier molecular flexibility index (Phi) is 107. The fourth-order valence-corrected chi connectivity index (χ4v) is 4.03. The van der Waals surface area contributed by atoms with Gasteiger partial charge in [0.25, 0.3) is 0 Å². The Morgan fingerprint density at radius 1 is 0.273 bits per heavy atom. The summed E-state index contributed by atoms with van der Waals surface area (Å²) in [7, 11) is 0. The maximum Gasteiger partial charge on any atom is 0.176 e. The van der Waals surface area contributed by atoms with Gasteiger partial charge in [-0.15, -0.1) is 25.5 Å². The summed E-state index contributed by atoms with van der Waals surface area (Å²) in [6.07, 6.45) is 21.4. The van der Waals surface area contributed by atoms with Crippen LogP contribution in [-0.4, -0.2) is 90.9 Å². The predicted octanol–water partition coefficient (Wildman–Crippen LogP) is 11.9. The molecule has 0 atom stereocenters. The molecule has 0 aliphatic carbocycles. The molecule has 0 fully saturated rings. The zero-order valence-corrected chi connectivity index (χ0v) is 70.3. The van der Waals surface area contributed by atoms with Crippen LogP contribution in [-0.2, 0) is 229 Å². The van der Waals surface area contributed by atoms with Crippen molar-refractivity contribution in [2.45, 2.75) is 138 Å². The molecule has 0 saturated carbocycles. The topological polar surface area (TPSA) is 232 Å². The Labute approximate surface area is 645 Å². The van der Waals surface area contributed by atoms with Gasteiger partial charge in [0.2, 0.25) is 0 Å². The van der Waals surface area contributed by atoms with Crippen molar-refractivity contribution in [1.29, 1.82) is 0 Å². The van der Waals surface area contributed by atoms with Crippen LogP contribution in [0.25, 0.3) is 0 Å². The van der Waals surface area contributed by atoms with E-state index in [1.165, 1.54) is 30.1 Å². The summed E-state index contributed by atoms with van der Waals surface area (Å²) in [5.74, 6) is 5.51. The summed E-state index contributed by atoms with van der Waals surface area (Å²) < 4.78 is 0. The first-order valence-electron chi connectivity index (χ1n) is 20.9. The Balaban J connectivity index is -0.0000000486. The second-order valence-electron chi connectivity index (χ2n) is 15.6. The monoisotopic (exact) mass is 1590 g/mol. The molecule has 0 aliphatic rings. The first-order valence-corrected chi connectivity index (χ1v) is 20.9. The Bertz CT molecular complexity index is 1660. The summed E-state index contributed by atoms with van der Waals surface area (Å²) in [6, 6.07) is 7.81. The van der Waals surface area contributed by atoms with E-state index in [2.05, 4.69) is 160 Å². The maximum atomic E-state index is 4.07. The van der Waals surface area contributed by atoms with E-state index in [-0.39, 0.29) is 281 Å². The molecule has 77 heavy (non-hydrogen) atoms. The molecule has 0 spiro atoms. The van der Waals surface area contributed by atoms with Crippen LogP contribution in [0.3, 0.4) is 0 Å². The maximum absolute atomic E-state index is 4.07. The molecule has 0 bridgehead atoms. The quantitative estimate of drug-likeness (QED) is 0.135. The molecule has 7 aromatic rings. The minimum atomic E-state index is 0. The first kappa shape index (κ1) is 113. The zero-order valence-electron chi connectivity index (χ0n) is 50.4. The summed E-state index contributed by atoms with van der Waals surface area (Å²) in [4.78, 5) is 31.3. The molecular formula is C52H87N18Y7-7. The average molecular weight is 1590 g/mol. The van der Waals surface area contributed by atoms with Crippen LogP contribution in [0, 0.1) is 52.0 Å². The molecule has 0 saturated heterocycles. The van der Waals surface area contributed by atoms with Crippen molar-refractivity contribution in [3.8, 4) is 0 Å². The molecule has 0 aliphatic heterocycles. The summed E-state index contributed by atoms with van der Waals surface area (Å²) >= 11 is 0. The summed E-state index contributed by atoms with van der Waals surface area (Å²) in [6.45, 7) is 29.1. The van der Waals surface area contributed by atoms with Gasteiger partial charge >= 0.3 is 0 Å². The van der Waals surface area contributed by atoms with E-state index >= 15 is 0 Å². The average Bonchev–Trinajstić information content (AvgIpc) is 3.32. The SMILES string of the molecule is CC(C)c1cccnn1.CC(C)c1ccncn1.CC(C)c1ccnnc1.CC(C)c1cncnc1.CC(C)c1nccnn1.CC(C)c1ncncn1.CC(C)c1nncnn1.[CH3-].[CH3-].[CH3-].[CH3-].[CH3-].[CH3-].[CH3-].[Y].[Y].[Y].[Y].[Y].[Y].[Y]. The van der Waals surface area contributed by atoms with Crippen LogP contribution in [0.1, 0.15) is 178 Å². The van der Waals surface area contributed by atoms with Gasteiger partial charge in [-0.05, 0) is 59.1 Å². The van der Waals surface area contributed by atoms with Crippen molar-refractivity contribution in [1.82, 2.24) is 90.9 Å². The number of hydrogen-bond acceptors (Lipinski definition) is 18. The number of hydrogen-bond donors (Lipinski definition) is 0. The van der Waals surface area contributed by atoms with Crippen LogP contribution < -0.4 is 0 Å².